The lowest BCUT2D eigenvalue weighted by Crippen LogP contribution is -2.31. The molecule has 0 bridgehead atoms. The van der Waals surface area contributed by atoms with Gasteiger partial charge in [0.25, 0.3) is 5.91 Å². The number of carbonyl (C=O) groups is 2. The normalized spacial score (nSPS) is 13.8. The fraction of sp³-hybridized carbons (Fsp3) is 0.318. The van der Waals surface area contributed by atoms with Crippen LogP contribution in [0.4, 0.5) is 0 Å². The summed E-state index contributed by atoms with van der Waals surface area (Å²) in [6, 6.07) is 11.9. The maximum atomic E-state index is 12.9. The third-order valence-electron chi connectivity index (χ3n) is 5.18. The van der Waals surface area contributed by atoms with Crippen molar-refractivity contribution in [1.82, 2.24) is 24.6 Å². The van der Waals surface area contributed by atoms with Crippen LogP contribution >= 0.6 is 0 Å². The molecule has 0 saturated carbocycles. The van der Waals surface area contributed by atoms with Crippen molar-refractivity contribution in [3.63, 3.8) is 0 Å². The summed E-state index contributed by atoms with van der Waals surface area (Å²) in [5.41, 5.74) is 2.57. The Morgan fingerprint density at radius 3 is 2.62 bits per heavy atom. The number of aromatic nitrogens is 3. The second kappa shape index (κ2) is 8.34. The molecule has 2 aromatic heterocycles. The average molecular weight is 391 g/mol. The number of carbonyl (C=O) groups excluding carboxylic acids is 2. The SMILES string of the molecule is Cc1ccc(-n2ncc(C(=O)NCCCN3CCCC3=O)c2-n2cccc2)cc1. The van der Waals surface area contributed by atoms with Crippen LogP contribution in [0.1, 0.15) is 35.2 Å². The van der Waals surface area contributed by atoms with Gasteiger partial charge in [0.2, 0.25) is 5.91 Å². The number of aryl methyl sites for hydroxylation is 1. The number of likely N-dealkylation sites (tertiary alicyclic amines) is 1. The summed E-state index contributed by atoms with van der Waals surface area (Å²) in [6.45, 7) is 4.07. The van der Waals surface area contributed by atoms with Gasteiger partial charge in [0.15, 0.2) is 5.82 Å². The van der Waals surface area contributed by atoms with Crippen LogP contribution in [0.15, 0.2) is 55.0 Å². The summed E-state index contributed by atoms with van der Waals surface area (Å²) in [6.07, 6.45) is 7.72. The molecular formula is C22H25N5O2. The van der Waals surface area contributed by atoms with E-state index in [0.29, 0.717) is 30.9 Å². The number of nitrogens with one attached hydrogen (secondary N) is 1. The van der Waals surface area contributed by atoms with Crippen LogP contribution in [0.25, 0.3) is 11.5 Å². The maximum absolute atomic E-state index is 12.9. The highest BCUT2D eigenvalue weighted by Gasteiger charge is 2.21. The van der Waals surface area contributed by atoms with Crippen LogP contribution in [0.3, 0.4) is 0 Å². The van der Waals surface area contributed by atoms with Gasteiger partial charge in [0.1, 0.15) is 5.56 Å². The summed E-state index contributed by atoms with van der Waals surface area (Å²) in [4.78, 5) is 26.4. The van der Waals surface area contributed by atoms with Crippen molar-refractivity contribution in [2.45, 2.75) is 26.2 Å². The zero-order valence-corrected chi connectivity index (χ0v) is 16.5. The van der Waals surface area contributed by atoms with Crippen molar-refractivity contribution in [1.29, 1.82) is 0 Å². The molecule has 1 aromatic carbocycles. The lowest BCUT2D eigenvalue weighted by Gasteiger charge is -2.15. The van der Waals surface area contributed by atoms with Crippen molar-refractivity contribution in [2.75, 3.05) is 19.6 Å². The van der Waals surface area contributed by atoms with E-state index in [4.69, 9.17) is 0 Å². The fourth-order valence-corrected chi connectivity index (χ4v) is 3.61. The highest BCUT2D eigenvalue weighted by atomic mass is 16.2. The molecule has 7 heteroatoms. The molecule has 1 saturated heterocycles. The topological polar surface area (TPSA) is 72.2 Å². The number of amides is 2. The second-order valence-corrected chi connectivity index (χ2v) is 7.31. The van der Waals surface area contributed by atoms with Gasteiger partial charge in [-0.2, -0.15) is 5.10 Å². The predicted molar refractivity (Wildman–Crippen MR) is 110 cm³/mol. The van der Waals surface area contributed by atoms with E-state index >= 15 is 0 Å². The van der Waals surface area contributed by atoms with E-state index < -0.39 is 0 Å². The Morgan fingerprint density at radius 1 is 1.17 bits per heavy atom. The Hall–Kier alpha value is -3.35. The standard InChI is InChI=1S/C22H25N5O2/c1-17-7-9-18(10-8-17)27-22(26-12-2-3-13-26)19(16-24-27)21(29)23-11-5-15-25-14-4-6-20(25)28/h2-3,7-10,12-13,16H,4-6,11,14-15H2,1H3,(H,23,29). The fourth-order valence-electron chi connectivity index (χ4n) is 3.61. The van der Waals surface area contributed by atoms with E-state index in [9.17, 15) is 9.59 Å². The molecule has 1 aliphatic heterocycles. The summed E-state index contributed by atoms with van der Waals surface area (Å²) in [5, 5.41) is 7.45. The van der Waals surface area contributed by atoms with Crippen LogP contribution in [-0.2, 0) is 4.79 Å². The number of nitrogens with zero attached hydrogens (tertiary/aromatic N) is 4. The molecule has 3 aromatic rings. The molecular weight excluding hydrogens is 366 g/mol. The minimum Gasteiger partial charge on any atom is -0.352 e. The predicted octanol–water partition coefficient (Wildman–Crippen LogP) is 2.71. The molecule has 150 valence electrons. The Labute approximate surface area is 169 Å². The minimum absolute atomic E-state index is 0.167. The van der Waals surface area contributed by atoms with E-state index in [-0.39, 0.29) is 11.8 Å². The highest BCUT2D eigenvalue weighted by Crippen LogP contribution is 2.20. The molecule has 29 heavy (non-hydrogen) atoms. The van der Waals surface area contributed by atoms with Crippen molar-refractivity contribution < 1.29 is 9.59 Å². The minimum atomic E-state index is -0.167. The summed E-state index contributed by atoms with van der Waals surface area (Å²) < 4.78 is 3.67. The molecule has 0 radical (unpaired) electrons. The van der Waals surface area contributed by atoms with Gasteiger partial charge in [0, 0.05) is 38.4 Å². The molecule has 0 spiro atoms. The first-order valence-corrected chi connectivity index (χ1v) is 9.98. The molecule has 7 nitrogen and oxygen atoms in total. The van der Waals surface area contributed by atoms with E-state index in [1.54, 1.807) is 10.9 Å². The van der Waals surface area contributed by atoms with Gasteiger partial charge >= 0.3 is 0 Å². The van der Waals surface area contributed by atoms with Crippen LogP contribution in [0.2, 0.25) is 0 Å². The second-order valence-electron chi connectivity index (χ2n) is 7.31. The zero-order valence-electron chi connectivity index (χ0n) is 16.5. The van der Waals surface area contributed by atoms with Crippen LogP contribution in [-0.4, -0.2) is 50.7 Å². The highest BCUT2D eigenvalue weighted by molar-refractivity contribution is 5.97. The van der Waals surface area contributed by atoms with Crippen molar-refractivity contribution in [3.8, 4) is 11.5 Å². The molecule has 0 unspecified atom stereocenters. The number of benzene rings is 1. The summed E-state index contributed by atoms with van der Waals surface area (Å²) >= 11 is 0. The largest absolute Gasteiger partial charge is 0.352 e. The van der Waals surface area contributed by atoms with E-state index in [1.807, 2.05) is 65.2 Å². The first-order chi connectivity index (χ1) is 14.1. The van der Waals surface area contributed by atoms with Crippen molar-refractivity contribution in [2.24, 2.45) is 0 Å². The molecule has 1 aliphatic rings. The Balaban J connectivity index is 1.50. The Morgan fingerprint density at radius 2 is 1.93 bits per heavy atom. The Bertz CT molecular complexity index is 989. The molecule has 3 heterocycles. The van der Waals surface area contributed by atoms with Crippen LogP contribution in [0.5, 0.6) is 0 Å². The molecule has 0 atom stereocenters. The quantitative estimate of drug-likeness (QED) is 0.630. The van der Waals surface area contributed by atoms with Gasteiger partial charge < -0.3 is 14.8 Å². The van der Waals surface area contributed by atoms with Gasteiger partial charge in [-0.1, -0.05) is 17.7 Å². The molecule has 1 N–H and O–H groups in total. The lowest BCUT2D eigenvalue weighted by atomic mass is 10.2. The third-order valence-corrected chi connectivity index (χ3v) is 5.18. The maximum Gasteiger partial charge on any atom is 0.256 e. The molecule has 4 rings (SSSR count). The van der Waals surface area contributed by atoms with Crippen LogP contribution < -0.4 is 5.32 Å². The van der Waals surface area contributed by atoms with E-state index in [0.717, 1.165) is 30.6 Å². The zero-order chi connectivity index (χ0) is 20.2. The monoisotopic (exact) mass is 391 g/mol. The molecule has 0 aliphatic carbocycles. The molecule has 1 fully saturated rings. The van der Waals surface area contributed by atoms with Gasteiger partial charge in [-0.05, 0) is 44.0 Å². The first kappa shape index (κ1) is 19.0. The number of hydrogen-bond donors (Lipinski definition) is 1. The smallest absolute Gasteiger partial charge is 0.256 e. The van der Waals surface area contributed by atoms with Gasteiger partial charge in [-0.15, -0.1) is 0 Å². The van der Waals surface area contributed by atoms with Crippen LogP contribution in [0, 0.1) is 6.92 Å². The summed E-state index contributed by atoms with van der Waals surface area (Å²) in [7, 11) is 0. The van der Waals surface area contributed by atoms with E-state index in [2.05, 4.69) is 10.4 Å². The lowest BCUT2D eigenvalue weighted by molar-refractivity contribution is -0.127. The Kier molecular flexibility index (Phi) is 5.46. The number of hydrogen-bond acceptors (Lipinski definition) is 3. The van der Waals surface area contributed by atoms with Gasteiger partial charge in [-0.3, -0.25) is 9.59 Å². The van der Waals surface area contributed by atoms with Crippen molar-refractivity contribution >= 4 is 11.8 Å². The average Bonchev–Trinajstić information content (AvgIpc) is 3.46. The van der Waals surface area contributed by atoms with Gasteiger partial charge in [0.05, 0.1) is 11.9 Å². The summed E-state index contributed by atoms with van der Waals surface area (Å²) in [5.74, 6) is 0.747. The number of rotatable bonds is 7. The van der Waals surface area contributed by atoms with Gasteiger partial charge in [-0.25, -0.2) is 4.68 Å². The molecule has 2 amide bonds. The third kappa shape index (κ3) is 4.08. The first-order valence-electron chi connectivity index (χ1n) is 9.98. The van der Waals surface area contributed by atoms with Crippen molar-refractivity contribution in [3.05, 3.63) is 66.1 Å². The van der Waals surface area contributed by atoms with E-state index in [1.165, 1.54) is 0 Å².